The van der Waals surface area contributed by atoms with Crippen molar-refractivity contribution >= 4 is 26.0 Å². The average Bonchev–Trinajstić information content (AvgIpc) is 2.72. The van der Waals surface area contributed by atoms with Crippen LogP contribution in [0.2, 0.25) is 0 Å². The Bertz CT molecular complexity index is 925. The fraction of sp³-hybridized carbons (Fsp3) is 0.611. The van der Waals surface area contributed by atoms with Gasteiger partial charge in [0.25, 0.3) is 0 Å². The summed E-state index contributed by atoms with van der Waals surface area (Å²) in [5.74, 6) is -0.567. The molecule has 0 saturated carbocycles. The monoisotopic (exact) mass is 445 g/mol. The van der Waals surface area contributed by atoms with E-state index in [0.717, 1.165) is 11.8 Å². The third-order valence-corrected chi connectivity index (χ3v) is 8.40. The molecule has 0 spiro atoms. The number of morpholine rings is 1. The smallest absolute Gasteiger partial charge is 0.243 e. The van der Waals surface area contributed by atoms with Crippen LogP contribution in [0.15, 0.2) is 29.2 Å². The molecule has 1 unspecified atom stereocenters. The van der Waals surface area contributed by atoms with E-state index >= 15 is 0 Å². The van der Waals surface area contributed by atoms with Crippen LogP contribution in [0, 0.1) is 5.92 Å². The Hall–Kier alpha value is -1.53. The Morgan fingerprint density at radius 3 is 2.34 bits per heavy atom. The minimum Gasteiger partial charge on any atom is -0.379 e. The fourth-order valence-electron chi connectivity index (χ4n) is 3.51. The van der Waals surface area contributed by atoms with Crippen LogP contribution in [0.25, 0.3) is 0 Å². The van der Waals surface area contributed by atoms with Crippen LogP contribution in [-0.4, -0.2) is 77.0 Å². The molecule has 2 heterocycles. The van der Waals surface area contributed by atoms with Gasteiger partial charge in [-0.15, -0.1) is 0 Å². The van der Waals surface area contributed by atoms with E-state index in [1.807, 2.05) is 0 Å². The molecule has 1 atom stereocenters. The largest absolute Gasteiger partial charge is 0.379 e. The maximum absolute atomic E-state index is 12.6. The highest BCUT2D eigenvalue weighted by Crippen LogP contribution is 2.20. The summed E-state index contributed by atoms with van der Waals surface area (Å²) >= 11 is 0. The van der Waals surface area contributed by atoms with Crippen molar-refractivity contribution in [1.29, 1.82) is 0 Å². The molecule has 1 aromatic carbocycles. The summed E-state index contributed by atoms with van der Waals surface area (Å²) in [5, 5.41) is 2.83. The lowest BCUT2D eigenvalue weighted by molar-refractivity contribution is -0.126. The Kier molecular flexibility index (Phi) is 6.94. The number of piperidine rings is 1. The molecule has 11 heteroatoms. The molecule has 9 nitrogen and oxygen atoms in total. The van der Waals surface area contributed by atoms with Crippen LogP contribution in [0.3, 0.4) is 0 Å². The van der Waals surface area contributed by atoms with Crippen molar-refractivity contribution in [2.24, 2.45) is 5.92 Å². The third-order valence-electron chi connectivity index (χ3n) is 5.22. The van der Waals surface area contributed by atoms with Gasteiger partial charge in [0, 0.05) is 32.7 Å². The van der Waals surface area contributed by atoms with Crippen molar-refractivity contribution < 1.29 is 26.4 Å². The highest BCUT2D eigenvalue weighted by atomic mass is 32.2. The molecule has 0 aliphatic carbocycles. The van der Waals surface area contributed by atoms with Gasteiger partial charge in [0.05, 0.1) is 30.3 Å². The Morgan fingerprint density at radius 2 is 1.72 bits per heavy atom. The molecule has 1 amide bonds. The normalized spacial score (nSPS) is 22.3. The molecule has 162 valence electrons. The van der Waals surface area contributed by atoms with Crippen LogP contribution >= 0.6 is 0 Å². The van der Waals surface area contributed by atoms with E-state index < -0.39 is 20.0 Å². The number of benzene rings is 1. The van der Waals surface area contributed by atoms with Gasteiger partial charge in [0.1, 0.15) is 0 Å². The predicted molar refractivity (Wildman–Crippen MR) is 107 cm³/mol. The quantitative estimate of drug-likeness (QED) is 0.659. The average molecular weight is 446 g/mol. The number of nitrogens with zero attached hydrogens (tertiary/aromatic N) is 2. The van der Waals surface area contributed by atoms with E-state index in [0.29, 0.717) is 45.7 Å². The zero-order valence-corrected chi connectivity index (χ0v) is 18.0. The lowest BCUT2D eigenvalue weighted by atomic mass is 9.99. The van der Waals surface area contributed by atoms with Gasteiger partial charge >= 0.3 is 0 Å². The highest BCUT2D eigenvalue weighted by molar-refractivity contribution is 7.89. The van der Waals surface area contributed by atoms with Gasteiger partial charge in [-0.05, 0) is 30.5 Å². The van der Waals surface area contributed by atoms with Gasteiger partial charge in [-0.3, -0.25) is 4.79 Å². The number of ether oxygens (including phenoxy) is 1. The first-order chi connectivity index (χ1) is 13.7. The van der Waals surface area contributed by atoms with E-state index in [4.69, 9.17) is 4.74 Å². The van der Waals surface area contributed by atoms with Gasteiger partial charge in [0.2, 0.25) is 26.0 Å². The molecule has 0 aromatic heterocycles. The summed E-state index contributed by atoms with van der Waals surface area (Å²) < 4.78 is 56.6. The number of carbonyl (C=O) groups is 1. The predicted octanol–water partition coefficient (Wildman–Crippen LogP) is -0.00470. The van der Waals surface area contributed by atoms with E-state index in [9.17, 15) is 21.6 Å². The third kappa shape index (κ3) is 5.54. The number of nitrogens with one attached hydrogen (secondary N) is 1. The van der Waals surface area contributed by atoms with E-state index in [1.54, 1.807) is 12.1 Å². The second kappa shape index (κ2) is 9.09. The summed E-state index contributed by atoms with van der Waals surface area (Å²) in [7, 11) is -6.85. The molecular weight excluding hydrogens is 418 g/mol. The molecule has 2 saturated heterocycles. The fourth-order valence-corrected chi connectivity index (χ4v) is 5.83. The van der Waals surface area contributed by atoms with Gasteiger partial charge in [-0.1, -0.05) is 12.1 Å². The van der Waals surface area contributed by atoms with Crippen LogP contribution in [0.4, 0.5) is 0 Å². The first-order valence-corrected chi connectivity index (χ1v) is 12.9. The summed E-state index contributed by atoms with van der Waals surface area (Å²) in [6, 6.07) is 6.44. The van der Waals surface area contributed by atoms with Crippen LogP contribution < -0.4 is 5.32 Å². The molecule has 3 rings (SSSR count). The summed E-state index contributed by atoms with van der Waals surface area (Å²) in [6.45, 7) is 2.36. The van der Waals surface area contributed by atoms with Crippen molar-refractivity contribution in [2.75, 3.05) is 45.6 Å². The summed E-state index contributed by atoms with van der Waals surface area (Å²) in [6.07, 6.45) is 2.45. The van der Waals surface area contributed by atoms with E-state index in [-0.39, 0.29) is 29.8 Å². The maximum atomic E-state index is 12.6. The Balaban J connectivity index is 1.57. The van der Waals surface area contributed by atoms with Crippen LogP contribution in [0.5, 0.6) is 0 Å². The summed E-state index contributed by atoms with van der Waals surface area (Å²) in [5.41, 5.74) is 0.773. The minimum absolute atomic E-state index is 0.191. The highest BCUT2D eigenvalue weighted by Gasteiger charge is 2.30. The van der Waals surface area contributed by atoms with Crippen molar-refractivity contribution in [3.05, 3.63) is 29.8 Å². The Morgan fingerprint density at radius 1 is 1.07 bits per heavy atom. The number of amides is 1. The van der Waals surface area contributed by atoms with E-state index in [2.05, 4.69) is 5.32 Å². The molecule has 0 radical (unpaired) electrons. The van der Waals surface area contributed by atoms with Crippen molar-refractivity contribution in [3.8, 4) is 0 Å². The van der Waals surface area contributed by atoms with Gasteiger partial charge in [-0.25, -0.2) is 21.1 Å². The van der Waals surface area contributed by atoms with Crippen molar-refractivity contribution in [1.82, 2.24) is 13.9 Å². The Labute approximate surface area is 172 Å². The molecule has 1 aromatic rings. The standard InChI is InChI=1S/C18H27N3O6S2/c1-28(23,24)21-8-2-3-16(14-21)18(22)19-13-15-4-6-17(7-5-15)29(25,26)20-9-11-27-12-10-20/h4-7,16H,2-3,8-14H2,1H3,(H,19,22). The van der Waals surface area contributed by atoms with Crippen LogP contribution in [0.1, 0.15) is 18.4 Å². The topological polar surface area (TPSA) is 113 Å². The maximum Gasteiger partial charge on any atom is 0.243 e. The number of rotatable bonds is 6. The molecule has 2 aliphatic rings. The number of carbonyl (C=O) groups excluding carboxylic acids is 1. The lowest BCUT2D eigenvalue weighted by Crippen LogP contribution is -2.44. The zero-order valence-electron chi connectivity index (χ0n) is 16.4. The first kappa shape index (κ1) is 22.2. The van der Waals surface area contributed by atoms with Crippen molar-refractivity contribution in [3.63, 3.8) is 0 Å². The minimum atomic E-state index is -3.54. The summed E-state index contributed by atoms with van der Waals surface area (Å²) in [4.78, 5) is 12.6. The molecule has 1 N–H and O–H groups in total. The second-order valence-electron chi connectivity index (χ2n) is 7.34. The van der Waals surface area contributed by atoms with E-state index in [1.165, 1.54) is 20.7 Å². The molecule has 2 aliphatic heterocycles. The number of hydrogen-bond acceptors (Lipinski definition) is 6. The molecule has 0 bridgehead atoms. The number of sulfonamides is 2. The SMILES string of the molecule is CS(=O)(=O)N1CCCC(C(=O)NCc2ccc(S(=O)(=O)N3CCOCC3)cc2)C1. The van der Waals surface area contributed by atoms with Crippen LogP contribution in [-0.2, 0) is 36.1 Å². The van der Waals surface area contributed by atoms with Crippen molar-refractivity contribution in [2.45, 2.75) is 24.3 Å². The lowest BCUT2D eigenvalue weighted by Gasteiger charge is -2.30. The van der Waals surface area contributed by atoms with Gasteiger partial charge in [-0.2, -0.15) is 4.31 Å². The van der Waals surface area contributed by atoms with Gasteiger partial charge < -0.3 is 10.1 Å². The molecule has 2 fully saturated rings. The molecule has 29 heavy (non-hydrogen) atoms. The van der Waals surface area contributed by atoms with Gasteiger partial charge in [0.15, 0.2) is 0 Å². The zero-order chi connectivity index (χ0) is 21.1. The molecular formula is C18H27N3O6S2. The number of hydrogen-bond donors (Lipinski definition) is 1. The first-order valence-electron chi connectivity index (χ1n) is 9.57. The second-order valence-corrected chi connectivity index (χ2v) is 11.3.